The van der Waals surface area contributed by atoms with Crippen LogP contribution in [-0.4, -0.2) is 29.5 Å². The lowest BCUT2D eigenvalue weighted by Gasteiger charge is -2.01. The molecule has 4 heteroatoms. The summed E-state index contributed by atoms with van der Waals surface area (Å²) >= 11 is 0. The van der Waals surface area contributed by atoms with E-state index in [0.717, 1.165) is 16.5 Å². The van der Waals surface area contributed by atoms with E-state index in [-0.39, 0.29) is 10.6 Å². The first-order valence-corrected chi connectivity index (χ1v) is 4.58. The van der Waals surface area contributed by atoms with E-state index in [9.17, 15) is 10.1 Å². The molecule has 0 aromatic carbocycles. The third-order valence-corrected chi connectivity index (χ3v) is 2.68. The Morgan fingerprint density at radius 2 is 2.14 bits per heavy atom. The fourth-order valence-corrected chi connectivity index (χ4v) is 1.29. The quantitative estimate of drug-likeness (QED) is 0.391. The summed E-state index contributed by atoms with van der Waals surface area (Å²) in [7, 11) is 2.13. The lowest BCUT2D eigenvalue weighted by atomic mass is 10.1. The van der Waals surface area contributed by atoms with E-state index in [1.807, 2.05) is 6.07 Å². The molecule has 0 amide bonds. The maximum atomic E-state index is 10.0. The Hall–Kier alpha value is -1.42. The lowest BCUT2D eigenvalue weighted by Crippen LogP contribution is -1.96. The van der Waals surface area contributed by atoms with Crippen molar-refractivity contribution in [3.05, 3.63) is 38.8 Å². The predicted octanol–water partition coefficient (Wildman–Crippen LogP) is 1.52. The number of rotatable bonds is 1. The van der Waals surface area contributed by atoms with Crippen LogP contribution in [0, 0.1) is 20.6 Å². The van der Waals surface area contributed by atoms with E-state index < -0.39 is 0 Å². The van der Waals surface area contributed by atoms with Crippen molar-refractivity contribution in [3.8, 4) is 0 Å². The first kappa shape index (κ1) is 9.15. The first-order valence-electron chi connectivity index (χ1n) is 4.58. The summed E-state index contributed by atoms with van der Waals surface area (Å²) in [4.78, 5) is 12.0. The number of benzene rings is 1. The van der Waals surface area contributed by atoms with Crippen LogP contribution < -0.4 is 0 Å². The normalized spacial score (nSPS) is 24.7. The van der Waals surface area contributed by atoms with Crippen LogP contribution in [0.4, 0.5) is 5.69 Å². The highest BCUT2D eigenvalue weighted by Gasteiger charge is 2.22. The van der Waals surface area contributed by atoms with Crippen LogP contribution in [0.1, 0.15) is 6.92 Å². The molecule has 0 aromatic heterocycles. The van der Waals surface area contributed by atoms with Crippen molar-refractivity contribution >= 4 is 5.69 Å². The van der Waals surface area contributed by atoms with E-state index in [4.69, 9.17) is 0 Å². The molecule has 0 N–H and O–H groups in total. The number of nitrogens with zero attached hydrogens (tertiary/aromatic N) is 2. The Morgan fingerprint density at radius 1 is 1.57 bits per heavy atom. The number of non-ortho nitro benzene ring substituents is 1. The number of likely N-dealkylation sites (N-methyl/N-ethyl adjacent to an activating group) is 1. The Morgan fingerprint density at radius 3 is 2.21 bits per heavy atom. The van der Waals surface area contributed by atoms with E-state index in [0.29, 0.717) is 0 Å². The third kappa shape index (κ3) is 1.48. The highest BCUT2D eigenvalue weighted by Crippen LogP contribution is 2.22. The van der Waals surface area contributed by atoms with Gasteiger partial charge in [-0.25, -0.2) is 0 Å². The maximum absolute atomic E-state index is 10.0. The van der Waals surface area contributed by atoms with Gasteiger partial charge in [-0.3, -0.25) is 10.1 Å². The summed E-state index contributed by atoms with van der Waals surface area (Å²) in [6, 6.07) is 6.08. The van der Waals surface area contributed by atoms with Gasteiger partial charge in [0.2, 0.25) is 0 Å². The highest BCUT2D eigenvalue weighted by molar-refractivity contribution is 5.44. The van der Waals surface area contributed by atoms with Crippen LogP contribution in [0.2, 0.25) is 0 Å². The van der Waals surface area contributed by atoms with Gasteiger partial charge in [0.15, 0.2) is 0 Å². The molecule has 0 saturated carbocycles. The summed E-state index contributed by atoms with van der Waals surface area (Å²) in [5.74, 6) is 0. The Bertz CT molecular complexity index is 464. The lowest BCUT2D eigenvalue weighted by molar-refractivity contribution is -0.386. The van der Waals surface area contributed by atoms with Crippen molar-refractivity contribution in [3.63, 3.8) is 0 Å². The Labute approximate surface area is 81.6 Å². The topological polar surface area (TPSA) is 46.1 Å². The highest BCUT2D eigenvalue weighted by atomic mass is 16.6. The molecule has 0 spiro atoms. The van der Waals surface area contributed by atoms with Gasteiger partial charge in [-0.1, -0.05) is 6.07 Å². The fourth-order valence-electron chi connectivity index (χ4n) is 1.29. The molecule has 1 saturated heterocycles. The molecule has 3 aliphatic rings. The van der Waals surface area contributed by atoms with E-state index in [2.05, 4.69) is 18.9 Å². The van der Waals surface area contributed by atoms with Gasteiger partial charge < -0.3 is 4.90 Å². The maximum Gasteiger partial charge on any atom is 0.277 e. The number of hydrogen-bond donors (Lipinski definition) is 0. The second kappa shape index (κ2) is 3.06. The predicted molar refractivity (Wildman–Crippen MR) is 52.9 cm³/mol. The molecule has 0 radical (unpaired) electrons. The standard InChI is InChI=1S/C6H3NO2.C4H9N/c8-7(9)6-3-4-1-2-5(4)6;1-4-3-5(4)2/h1-3H;4H,3H2,1-2H3. The molecule has 1 fully saturated rings. The van der Waals surface area contributed by atoms with Crippen LogP contribution in [0.5, 0.6) is 0 Å². The SMILES string of the molecule is CC1CN1C.O=[N+]([O-])c1cc2ccc1=2. The van der Waals surface area contributed by atoms with Gasteiger partial charge in [-0.15, -0.1) is 0 Å². The molecule has 74 valence electrons. The van der Waals surface area contributed by atoms with Crippen molar-refractivity contribution in [1.82, 2.24) is 4.90 Å². The minimum absolute atomic E-state index is 0.257. The smallest absolute Gasteiger partial charge is 0.277 e. The zero-order valence-corrected chi connectivity index (χ0v) is 8.23. The number of nitro benzene ring substituents is 1. The molecule has 4 nitrogen and oxygen atoms in total. The van der Waals surface area contributed by atoms with Crippen LogP contribution >= 0.6 is 0 Å². The van der Waals surface area contributed by atoms with E-state index in [1.54, 1.807) is 12.1 Å². The minimum atomic E-state index is -0.359. The largest absolute Gasteiger partial charge is 0.301 e. The molecule has 2 aliphatic carbocycles. The fraction of sp³-hybridized carbons (Fsp3) is 0.400. The molecule has 0 bridgehead atoms. The van der Waals surface area contributed by atoms with E-state index >= 15 is 0 Å². The van der Waals surface area contributed by atoms with Crippen molar-refractivity contribution in [2.45, 2.75) is 13.0 Å². The third-order valence-electron chi connectivity index (χ3n) is 2.68. The van der Waals surface area contributed by atoms with Gasteiger partial charge in [-0.05, 0) is 25.3 Å². The molecule has 3 rings (SSSR count). The average Bonchev–Trinajstić information content (AvgIpc) is 2.71. The van der Waals surface area contributed by atoms with Crippen LogP contribution in [0.3, 0.4) is 0 Å². The molecule has 2 unspecified atom stereocenters. The Balaban J connectivity index is 0.000000128. The van der Waals surface area contributed by atoms with Crippen molar-refractivity contribution in [2.24, 2.45) is 0 Å². The first-order chi connectivity index (χ1) is 6.59. The average molecular weight is 192 g/mol. The summed E-state index contributed by atoms with van der Waals surface area (Å²) < 4.78 is 0. The molecule has 1 heterocycles. The molecule has 14 heavy (non-hydrogen) atoms. The minimum Gasteiger partial charge on any atom is -0.301 e. The molecule has 1 aliphatic heterocycles. The molecular weight excluding hydrogens is 180 g/mol. The van der Waals surface area contributed by atoms with Crippen LogP contribution in [-0.2, 0) is 0 Å². The zero-order valence-electron chi connectivity index (χ0n) is 8.23. The van der Waals surface area contributed by atoms with Gasteiger partial charge in [0.1, 0.15) is 0 Å². The van der Waals surface area contributed by atoms with Crippen LogP contribution in [0.25, 0.3) is 0 Å². The van der Waals surface area contributed by atoms with Crippen molar-refractivity contribution < 1.29 is 4.92 Å². The Kier molecular flexibility index (Phi) is 2.00. The molecular formula is C10H12N2O2. The van der Waals surface area contributed by atoms with Crippen molar-refractivity contribution in [1.29, 1.82) is 0 Å². The van der Waals surface area contributed by atoms with E-state index in [1.165, 1.54) is 6.54 Å². The summed E-state index contributed by atoms with van der Waals surface area (Å²) in [6.45, 7) is 3.53. The number of hydrogen-bond acceptors (Lipinski definition) is 3. The van der Waals surface area contributed by atoms with Gasteiger partial charge >= 0.3 is 0 Å². The second-order valence-corrected chi connectivity index (χ2v) is 3.78. The van der Waals surface area contributed by atoms with Crippen molar-refractivity contribution in [2.75, 3.05) is 13.6 Å². The zero-order chi connectivity index (χ0) is 10.3. The van der Waals surface area contributed by atoms with Gasteiger partial charge in [-0.2, -0.15) is 0 Å². The molecule has 0 aromatic rings. The van der Waals surface area contributed by atoms with Crippen LogP contribution in [0.15, 0.2) is 18.2 Å². The molecule has 2 atom stereocenters. The monoisotopic (exact) mass is 192 g/mol. The van der Waals surface area contributed by atoms with Gasteiger partial charge in [0.05, 0.1) is 10.1 Å². The second-order valence-electron chi connectivity index (χ2n) is 3.78. The summed E-state index contributed by atoms with van der Waals surface area (Å²) in [5.41, 5.74) is 0.257. The summed E-state index contributed by atoms with van der Waals surface area (Å²) in [6.07, 6.45) is 0. The number of nitro groups is 1. The van der Waals surface area contributed by atoms with Gasteiger partial charge in [0.25, 0.3) is 5.69 Å². The summed E-state index contributed by atoms with van der Waals surface area (Å²) in [5, 5.41) is 11.9. The van der Waals surface area contributed by atoms with Gasteiger partial charge in [0, 0.05) is 18.7 Å².